The lowest BCUT2D eigenvalue weighted by Gasteiger charge is -2.34. The highest BCUT2D eigenvalue weighted by Gasteiger charge is 2.33. The second-order valence-electron chi connectivity index (χ2n) is 7.24. The van der Waals surface area contributed by atoms with Crippen molar-refractivity contribution in [2.45, 2.75) is 36.5 Å². The number of carbonyl (C=O) groups is 1. The van der Waals surface area contributed by atoms with Crippen LogP contribution in [0.4, 0.5) is 5.69 Å². The van der Waals surface area contributed by atoms with Gasteiger partial charge in [-0.15, -0.1) is 0 Å². The first-order valence-electron chi connectivity index (χ1n) is 10.6. The molecular formula is C26H27NO2S. The number of esters is 1. The minimum atomic E-state index is -0.259. The molecule has 154 valence electrons. The monoisotopic (exact) mass is 417 g/mol. The average Bonchev–Trinajstić information content (AvgIpc) is 2.78. The lowest BCUT2D eigenvalue weighted by atomic mass is 9.81. The predicted molar refractivity (Wildman–Crippen MR) is 124 cm³/mol. The van der Waals surface area contributed by atoms with Crippen LogP contribution in [0.3, 0.4) is 0 Å². The number of rotatable bonds is 6. The lowest BCUT2D eigenvalue weighted by Crippen LogP contribution is -2.25. The lowest BCUT2D eigenvalue weighted by molar-refractivity contribution is 0.0525. The Morgan fingerprint density at radius 2 is 1.53 bits per heavy atom. The Bertz CT molecular complexity index is 1060. The molecule has 0 saturated carbocycles. The summed E-state index contributed by atoms with van der Waals surface area (Å²) >= 11 is 1.82. The van der Waals surface area contributed by atoms with Gasteiger partial charge in [-0.3, -0.25) is 0 Å². The maximum Gasteiger partial charge on any atom is 0.338 e. The largest absolute Gasteiger partial charge is 0.462 e. The van der Waals surface area contributed by atoms with E-state index >= 15 is 0 Å². The van der Waals surface area contributed by atoms with E-state index < -0.39 is 0 Å². The molecule has 0 aliphatic carbocycles. The fourth-order valence-corrected chi connectivity index (χ4v) is 5.47. The summed E-state index contributed by atoms with van der Waals surface area (Å²) in [5.74, 6) is -0.277. The Hall–Kier alpha value is -2.72. The van der Waals surface area contributed by atoms with E-state index in [0.717, 1.165) is 18.7 Å². The van der Waals surface area contributed by atoms with Gasteiger partial charge >= 0.3 is 5.97 Å². The molecule has 30 heavy (non-hydrogen) atoms. The number of ether oxygens (including phenoxy) is 1. The van der Waals surface area contributed by atoms with E-state index in [2.05, 4.69) is 67.3 Å². The zero-order chi connectivity index (χ0) is 21.1. The fourth-order valence-electron chi connectivity index (χ4n) is 4.30. The van der Waals surface area contributed by atoms with Crippen molar-refractivity contribution in [3.05, 3.63) is 89.0 Å². The van der Waals surface area contributed by atoms with E-state index in [9.17, 15) is 4.79 Å². The van der Waals surface area contributed by atoms with Gasteiger partial charge in [-0.2, -0.15) is 0 Å². The van der Waals surface area contributed by atoms with Crippen molar-refractivity contribution in [2.75, 3.05) is 24.6 Å². The minimum Gasteiger partial charge on any atom is -0.462 e. The van der Waals surface area contributed by atoms with E-state index in [1.54, 1.807) is 0 Å². The zero-order valence-corrected chi connectivity index (χ0v) is 18.5. The molecule has 4 heteroatoms. The Morgan fingerprint density at radius 3 is 2.27 bits per heavy atom. The third-order valence-corrected chi connectivity index (χ3v) is 6.82. The first kappa shape index (κ1) is 20.5. The van der Waals surface area contributed by atoms with Gasteiger partial charge in [-0.25, -0.2) is 4.79 Å². The van der Waals surface area contributed by atoms with Crippen molar-refractivity contribution in [2.24, 2.45) is 0 Å². The summed E-state index contributed by atoms with van der Waals surface area (Å²) in [6.45, 7) is 8.46. The Balaban J connectivity index is 1.99. The molecule has 1 heterocycles. The number of benzene rings is 3. The van der Waals surface area contributed by atoms with Gasteiger partial charge in [0, 0.05) is 40.0 Å². The number of fused-ring (bicyclic) bond motifs is 2. The Morgan fingerprint density at radius 1 is 0.867 bits per heavy atom. The number of carbonyl (C=O) groups excluding carboxylic acids is 1. The fraction of sp³-hybridized carbons (Fsp3) is 0.269. The van der Waals surface area contributed by atoms with Gasteiger partial charge in [-0.05, 0) is 56.2 Å². The maximum atomic E-state index is 12.8. The molecule has 0 N–H and O–H groups in total. The number of hydrogen-bond donors (Lipinski definition) is 0. The Labute approximate surface area is 183 Å². The van der Waals surface area contributed by atoms with Gasteiger partial charge < -0.3 is 9.64 Å². The average molecular weight is 418 g/mol. The molecule has 3 aromatic carbocycles. The van der Waals surface area contributed by atoms with Crippen LogP contribution in [-0.4, -0.2) is 25.7 Å². The highest BCUT2D eigenvalue weighted by Crippen LogP contribution is 2.52. The van der Waals surface area contributed by atoms with Crippen molar-refractivity contribution in [3.8, 4) is 0 Å². The van der Waals surface area contributed by atoms with Crippen LogP contribution in [0, 0.1) is 0 Å². The third-order valence-electron chi connectivity index (χ3n) is 5.65. The molecule has 3 aromatic rings. The van der Waals surface area contributed by atoms with Gasteiger partial charge in [-0.1, -0.05) is 54.2 Å². The standard InChI is InChI=1S/C26H27NO2S/c1-4-27(5-2)21-15-11-17-23-25(21)24(20-14-9-10-16-22(20)30-23)18-12-7-8-13-19(18)26(28)29-6-3/h7-17,24H,4-6H2,1-3H3. The summed E-state index contributed by atoms with van der Waals surface area (Å²) in [4.78, 5) is 17.7. The van der Waals surface area contributed by atoms with Gasteiger partial charge in [0.05, 0.1) is 12.2 Å². The van der Waals surface area contributed by atoms with Crippen LogP contribution in [0.5, 0.6) is 0 Å². The normalized spacial score (nSPS) is 14.6. The van der Waals surface area contributed by atoms with Crippen LogP contribution >= 0.6 is 11.8 Å². The summed E-state index contributed by atoms with van der Waals surface area (Å²) in [7, 11) is 0. The van der Waals surface area contributed by atoms with Crippen LogP contribution in [-0.2, 0) is 4.74 Å². The van der Waals surface area contributed by atoms with Gasteiger partial charge in [0.2, 0.25) is 0 Å². The summed E-state index contributed by atoms with van der Waals surface area (Å²) in [6.07, 6.45) is 0. The third kappa shape index (κ3) is 3.61. The van der Waals surface area contributed by atoms with Crippen LogP contribution in [0.25, 0.3) is 0 Å². The van der Waals surface area contributed by atoms with Gasteiger partial charge in [0.1, 0.15) is 0 Å². The molecule has 3 nitrogen and oxygen atoms in total. The van der Waals surface area contributed by atoms with E-state index in [0.29, 0.717) is 12.2 Å². The smallest absolute Gasteiger partial charge is 0.338 e. The van der Waals surface area contributed by atoms with Crippen LogP contribution in [0.1, 0.15) is 53.7 Å². The molecule has 0 amide bonds. The van der Waals surface area contributed by atoms with Gasteiger partial charge in [0.15, 0.2) is 0 Å². The van der Waals surface area contributed by atoms with Crippen molar-refractivity contribution >= 4 is 23.4 Å². The highest BCUT2D eigenvalue weighted by atomic mass is 32.2. The molecule has 4 rings (SSSR count). The first-order valence-corrected chi connectivity index (χ1v) is 11.4. The van der Waals surface area contributed by atoms with Crippen LogP contribution in [0.15, 0.2) is 76.5 Å². The van der Waals surface area contributed by atoms with Crippen molar-refractivity contribution in [3.63, 3.8) is 0 Å². The molecule has 1 atom stereocenters. The van der Waals surface area contributed by atoms with E-state index in [4.69, 9.17) is 4.74 Å². The van der Waals surface area contributed by atoms with E-state index in [1.165, 1.54) is 26.6 Å². The molecule has 1 unspecified atom stereocenters. The molecule has 0 radical (unpaired) electrons. The van der Waals surface area contributed by atoms with Crippen molar-refractivity contribution in [1.29, 1.82) is 0 Å². The van der Waals surface area contributed by atoms with E-state index in [-0.39, 0.29) is 11.9 Å². The summed E-state index contributed by atoms with van der Waals surface area (Å²) in [5, 5.41) is 0. The molecule has 0 spiro atoms. The van der Waals surface area contributed by atoms with Crippen LogP contribution < -0.4 is 4.90 Å². The van der Waals surface area contributed by atoms with Crippen LogP contribution in [0.2, 0.25) is 0 Å². The van der Waals surface area contributed by atoms with Gasteiger partial charge in [0.25, 0.3) is 0 Å². The molecule has 0 fully saturated rings. The molecule has 1 aliphatic rings. The second kappa shape index (κ2) is 8.97. The predicted octanol–water partition coefficient (Wildman–Crippen LogP) is 6.35. The Kier molecular flexibility index (Phi) is 6.14. The molecule has 1 aliphatic heterocycles. The molecular weight excluding hydrogens is 390 g/mol. The summed E-state index contributed by atoms with van der Waals surface area (Å²) in [5.41, 5.74) is 5.41. The topological polar surface area (TPSA) is 29.5 Å². The number of nitrogens with zero attached hydrogens (tertiary/aromatic N) is 1. The quantitative estimate of drug-likeness (QED) is 0.342. The summed E-state index contributed by atoms with van der Waals surface area (Å²) in [6, 6.07) is 23.0. The van der Waals surface area contributed by atoms with E-state index in [1.807, 2.05) is 36.9 Å². The first-order chi connectivity index (χ1) is 14.7. The summed E-state index contributed by atoms with van der Waals surface area (Å²) < 4.78 is 5.40. The number of anilines is 1. The highest BCUT2D eigenvalue weighted by molar-refractivity contribution is 7.99. The zero-order valence-electron chi connectivity index (χ0n) is 17.7. The SMILES string of the molecule is CCOC(=O)c1ccccc1C1c2ccccc2Sc2cccc(N(CC)CC)c21. The number of hydrogen-bond acceptors (Lipinski definition) is 4. The van der Waals surface area contributed by atoms with Crippen molar-refractivity contribution in [1.82, 2.24) is 0 Å². The molecule has 0 bridgehead atoms. The second-order valence-corrected chi connectivity index (χ2v) is 8.33. The maximum absolute atomic E-state index is 12.8. The molecule has 0 saturated heterocycles. The minimum absolute atomic E-state index is 0.0187. The molecule has 0 aromatic heterocycles. The van der Waals surface area contributed by atoms with Crippen molar-refractivity contribution < 1.29 is 9.53 Å².